The van der Waals surface area contributed by atoms with Gasteiger partial charge in [-0.2, -0.15) is 0 Å². The molecule has 3 heterocycles. The van der Waals surface area contributed by atoms with Crippen molar-refractivity contribution >= 4 is 17.8 Å². The Balaban J connectivity index is 2.16. The lowest BCUT2D eigenvalue weighted by Crippen LogP contribution is -2.62. The number of aliphatic hydroxyl groups excluding tert-OH is 1. The van der Waals surface area contributed by atoms with E-state index in [9.17, 15) is 19.5 Å². The summed E-state index contributed by atoms with van der Waals surface area (Å²) in [6, 6.07) is -1.61. The quantitative estimate of drug-likeness (QED) is 0.352. The topological polar surface area (TPSA) is 96.4 Å². The molecule has 37 heavy (non-hydrogen) atoms. The van der Waals surface area contributed by atoms with Gasteiger partial charge in [-0.1, -0.05) is 46.4 Å². The number of hydrogen-bond donors (Lipinski definition) is 1. The summed E-state index contributed by atoms with van der Waals surface area (Å²) >= 11 is 0. The summed E-state index contributed by atoms with van der Waals surface area (Å²) in [5.74, 6) is -2.93. The lowest BCUT2D eigenvalue weighted by molar-refractivity contribution is -0.164. The first-order valence-electron chi connectivity index (χ1n) is 13.4. The third kappa shape index (κ3) is 4.65. The highest BCUT2D eigenvalue weighted by molar-refractivity contribution is 5.99. The third-order valence-corrected chi connectivity index (χ3v) is 8.59. The molecular formula is C29H46N2O6. The maximum absolute atomic E-state index is 14.6. The van der Waals surface area contributed by atoms with Crippen LogP contribution in [0.3, 0.4) is 0 Å². The fourth-order valence-corrected chi connectivity index (χ4v) is 7.41. The van der Waals surface area contributed by atoms with Gasteiger partial charge >= 0.3 is 5.97 Å². The smallest absolute Gasteiger partial charge is 0.313 e. The minimum absolute atomic E-state index is 0.0287. The van der Waals surface area contributed by atoms with Crippen LogP contribution in [0.1, 0.15) is 68.2 Å². The van der Waals surface area contributed by atoms with Gasteiger partial charge in [-0.25, -0.2) is 0 Å². The second-order valence-corrected chi connectivity index (χ2v) is 13.2. The van der Waals surface area contributed by atoms with Crippen LogP contribution in [0.4, 0.5) is 0 Å². The molecule has 0 aromatic carbocycles. The number of aliphatic hydroxyl groups is 1. The van der Waals surface area contributed by atoms with Crippen LogP contribution < -0.4 is 0 Å². The van der Waals surface area contributed by atoms with Crippen molar-refractivity contribution in [2.45, 2.75) is 97.1 Å². The monoisotopic (exact) mass is 518 g/mol. The van der Waals surface area contributed by atoms with Crippen molar-refractivity contribution in [3.63, 3.8) is 0 Å². The molecule has 3 fully saturated rings. The van der Waals surface area contributed by atoms with Crippen LogP contribution >= 0.6 is 0 Å². The van der Waals surface area contributed by atoms with E-state index < -0.39 is 46.6 Å². The molecule has 8 heteroatoms. The van der Waals surface area contributed by atoms with Gasteiger partial charge in [-0.3, -0.25) is 14.4 Å². The lowest BCUT2D eigenvalue weighted by Gasteiger charge is -2.46. The Morgan fingerprint density at radius 3 is 2.41 bits per heavy atom. The maximum Gasteiger partial charge on any atom is 0.313 e. The molecule has 0 aromatic rings. The maximum atomic E-state index is 14.6. The van der Waals surface area contributed by atoms with Gasteiger partial charge < -0.3 is 24.4 Å². The Bertz CT molecular complexity index is 955. The molecule has 208 valence electrons. The minimum atomic E-state index is -1.19. The lowest BCUT2D eigenvalue weighted by atomic mass is 9.62. The van der Waals surface area contributed by atoms with E-state index in [1.807, 2.05) is 27.7 Å². The first kappa shape index (κ1) is 29.4. The van der Waals surface area contributed by atoms with Crippen LogP contribution in [0.15, 0.2) is 25.3 Å². The molecule has 0 radical (unpaired) electrons. The number of nitrogens with zero attached hydrogens (tertiary/aromatic N) is 2. The second kappa shape index (κ2) is 9.84. The molecule has 1 N–H and O–H groups in total. The van der Waals surface area contributed by atoms with Gasteiger partial charge in [0.05, 0.1) is 24.2 Å². The number of amides is 2. The van der Waals surface area contributed by atoms with E-state index in [0.717, 1.165) is 6.42 Å². The van der Waals surface area contributed by atoms with Crippen LogP contribution in [-0.2, 0) is 23.9 Å². The molecule has 3 unspecified atom stereocenters. The predicted octanol–water partition coefficient (Wildman–Crippen LogP) is 3.34. The minimum Gasteiger partial charge on any atom is -0.461 e. The summed E-state index contributed by atoms with van der Waals surface area (Å²) in [7, 11) is 0. The average Bonchev–Trinajstić information content (AvgIpc) is 3.30. The number of carbonyl (C=O) groups excluding carboxylic acids is 3. The second-order valence-electron chi connectivity index (χ2n) is 13.2. The van der Waals surface area contributed by atoms with Crippen LogP contribution in [-0.4, -0.2) is 81.3 Å². The third-order valence-electron chi connectivity index (χ3n) is 8.59. The molecule has 3 saturated heterocycles. The van der Waals surface area contributed by atoms with E-state index in [1.54, 1.807) is 17.9 Å². The number of carbonyl (C=O) groups is 3. The molecule has 1 spiro atoms. The molecule has 0 saturated carbocycles. The van der Waals surface area contributed by atoms with Gasteiger partial charge in [0.1, 0.15) is 24.2 Å². The summed E-state index contributed by atoms with van der Waals surface area (Å²) in [5.41, 5.74) is -2.75. The zero-order valence-electron chi connectivity index (χ0n) is 23.9. The van der Waals surface area contributed by atoms with Gasteiger partial charge in [-0.05, 0) is 51.9 Å². The first-order valence-corrected chi connectivity index (χ1v) is 13.4. The van der Waals surface area contributed by atoms with Gasteiger partial charge in [0.25, 0.3) is 0 Å². The standard InChI is InChI=1S/C29H46N2O6/c1-11-13-30(27(8,9)17-26(5,6)7)24(34)22-29-15-18(3)28(10,37-29)21(25(35)36-14-12-2)20(29)23(33)31(22)19(4)16-32/h11-12,18-22,32H,1-2,13-17H2,3-10H3/t18?,19-,20+,21-,22?,28+,29?/m1/s1. The van der Waals surface area contributed by atoms with E-state index in [0.29, 0.717) is 13.0 Å². The molecule has 3 aliphatic heterocycles. The predicted molar refractivity (Wildman–Crippen MR) is 141 cm³/mol. The van der Waals surface area contributed by atoms with E-state index >= 15 is 0 Å². The van der Waals surface area contributed by atoms with Gasteiger partial charge in [-0.15, -0.1) is 6.58 Å². The van der Waals surface area contributed by atoms with Crippen molar-refractivity contribution in [2.75, 3.05) is 19.8 Å². The molecule has 3 aliphatic rings. The van der Waals surface area contributed by atoms with Crippen LogP contribution in [0.2, 0.25) is 0 Å². The largest absolute Gasteiger partial charge is 0.461 e. The summed E-state index contributed by atoms with van der Waals surface area (Å²) in [4.78, 5) is 45.3. The highest BCUT2D eigenvalue weighted by Crippen LogP contribution is 2.65. The van der Waals surface area contributed by atoms with Crippen molar-refractivity contribution in [3.05, 3.63) is 25.3 Å². The number of fused-ring (bicyclic) bond motifs is 1. The van der Waals surface area contributed by atoms with Crippen molar-refractivity contribution in [1.29, 1.82) is 0 Å². The molecule has 7 atom stereocenters. The van der Waals surface area contributed by atoms with E-state index in [1.165, 1.54) is 11.0 Å². The summed E-state index contributed by atoms with van der Waals surface area (Å²) in [6.07, 6.45) is 4.36. The zero-order valence-corrected chi connectivity index (χ0v) is 23.9. The normalized spacial score (nSPS) is 33.8. The summed E-state index contributed by atoms with van der Waals surface area (Å²) in [6.45, 7) is 23.5. The Kier molecular flexibility index (Phi) is 7.81. The number of rotatable bonds is 10. The van der Waals surface area contributed by atoms with Crippen LogP contribution in [0, 0.1) is 23.2 Å². The highest BCUT2D eigenvalue weighted by atomic mass is 16.6. The van der Waals surface area contributed by atoms with Crippen molar-refractivity contribution in [2.24, 2.45) is 23.2 Å². The fourth-order valence-electron chi connectivity index (χ4n) is 7.41. The Morgan fingerprint density at radius 1 is 1.27 bits per heavy atom. The number of ether oxygens (including phenoxy) is 2. The Hall–Kier alpha value is -2.19. The van der Waals surface area contributed by atoms with Crippen LogP contribution in [0.5, 0.6) is 0 Å². The van der Waals surface area contributed by atoms with E-state index in [2.05, 4.69) is 33.9 Å². The van der Waals surface area contributed by atoms with Crippen LogP contribution in [0.25, 0.3) is 0 Å². The summed E-state index contributed by atoms with van der Waals surface area (Å²) < 4.78 is 12.2. The molecule has 3 rings (SSSR count). The Morgan fingerprint density at radius 2 is 1.89 bits per heavy atom. The molecule has 2 amide bonds. The van der Waals surface area contributed by atoms with Gasteiger partial charge in [0.15, 0.2) is 0 Å². The molecule has 8 nitrogen and oxygen atoms in total. The Labute approximate surface area is 222 Å². The van der Waals surface area contributed by atoms with E-state index in [-0.39, 0.29) is 36.4 Å². The van der Waals surface area contributed by atoms with Crippen molar-refractivity contribution < 1.29 is 29.0 Å². The van der Waals surface area contributed by atoms with E-state index in [4.69, 9.17) is 9.47 Å². The fraction of sp³-hybridized carbons (Fsp3) is 0.759. The highest BCUT2D eigenvalue weighted by Gasteiger charge is 2.80. The number of hydrogen-bond acceptors (Lipinski definition) is 6. The number of esters is 1. The SMILES string of the molecule is C=CCOC(=O)[C@H]1[C@H]2C(=O)N([C@H](C)CO)C(C(=O)N(CC=C)C(C)(C)CC(C)(C)C)C23CC(C)[C@]1(C)O3. The van der Waals surface area contributed by atoms with Gasteiger partial charge in [0, 0.05) is 12.1 Å². The average molecular weight is 519 g/mol. The molecule has 0 aliphatic carbocycles. The zero-order chi connectivity index (χ0) is 28.1. The number of likely N-dealkylation sites (tertiary alicyclic amines) is 1. The molecule has 0 aromatic heterocycles. The summed E-state index contributed by atoms with van der Waals surface area (Å²) in [5, 5.41) is 10.1. The van der Waals surface area contributed by atoms with Gasteiger partial charge in [0.2, 0.25) is 11.8 Å². The van der Waals surface area contributed by atoms with Crippen molar-refractivity contribution in [1.82, 2.24) is 9.80 Å². The first-order chi connectivity index (χ1) is 17.0. The van der Waals surface area contributed by atoms with Crippen molar-refractivity contribution in [3.8, 4) is 0 Å². The molecular weight excluding hydrogens is 472 g/mol. The molecule has 2 bridgehead atoms.